The highest BCUT2D eigenvalue weighted by Gasteiger charge is 1.94. The van der Waals surface area contributed by atoms with E-state index in [9.17, 15) is 0 Å². The zero-order chi connectivity index (χ0) is 8.81. The van der Waals surface area contributed by atoms with Crippen molar-refractivity contribution in [3.8, 4) is 0 Å². The summed E-state index contributed by atoms with van der Waals surface area (Å²) < 4.78 is 4.89. The van der Waals surface area contributed by atoms with Gasteiger partial charge in [0.1, 0.15) is 0 Å². The van der Waals surface area contributed by atoms with Gasteiger partial charge in [0.05, 0.1) is 6.73 Å². The lowest BCUT2D eigenvalue weighted by atomic mass is 9.89. The molecule has 3 nitrogen and oxygen atoms in total. The highest BCUT2D eigenvalue weighted by molar-refractivity contribution is 6.26. The van der Waals surface area contributed by atoms with Crippen molar-refractivity contribution in [1.29, 1.82) is 0 Å². The van der Waals surface area contributed by atoms with Gasteiger partial charge in [-0.25, -0.2) is 0 Å². The maximum atomic E-state index is 5.52. The summed E-state index contributed by atoms with van der Waals surface area (Å²) in [7, 11) is 1.69. The van der Waals surface area contributed by atoms with Gasteiger partial charge in [-0.05, 0) is 18.5 Å². The molecular weight excluding hydrogens is 151 g/mol. The van der Waals surface area contributed by atoms with Gasteiger partial charge >= 0.3 is 0 Å². The molecule has 4 N–H and O–H groups in total. The van der Waals surface area contributed by atoms with E-state index in [1.54, 1.807) is 7.48 Å². The lowest BCUT2D eigenvalue weighted by molar-refractivity contribution is 0.348. The van der Waals surface area contributed by atoms with E-state index in [0.717, 1.165) is 17.6 Å². The van der Waals surface area contributed by atoms with Gasteiger partial charge in [-0.1, -0.05) is 17.7 Å². The first kappa shape index (κ1) is 9.10. The van der Waals surface area contributed by atoms with Crippen LogP contribution in [0.3, 0.4) is 0 Å². The molecule has 0 aliphatic heterocycles. The van der Waals surface area contributed by atoms with Crippen LogP contribution in [0.25, 0.3) is 0 Å². The molecule has 0 fully saturated rings. The van der Waals surface area contributed by atoms with E-state index in [-0.39, 0.29) is 6.73 Å². The van der Waals surface area contributed by atoms with Gasteiger partial charge < -0.3 is 16.1 Å². The van der Waals surface area contributed by atoms with Crippen molar-refractivity contribution in [2.45, 2.75) is 6.32 Å². The molecule has 0 saturated carbocycles. The molecule has 0 atom stereocenters. The quantitative estimate of drug-likeness (QED) is 0.291. The third-order valence-electron chi connectivity index (χ3n) is 1.51. The second-order valence-electron chi connectivity index (χ2n) is 2.45. The number of rotatable bonds is 4. The number of nitrogen functional groups attached to an aromatic ring is 1. The predicted molar refractivity (Wildman–Crippen MR) is 50.5 cm³/mol. The smallest absolute Gasteiger partial charge is 0.298 e. The molecule has 0 bridgehead atoms. The Bertz CT molecular complexity index is 225. The van der Waals surface area contributed by atoms with Crippen LogP contribution in [0.5, 0.6) is 0 Å². The third-order valence-corrected chi connectivity index (χ3v) is 1.51. The summed E-state index contributed by atoms with van der Waals surface area (Å²) in [6.45, 7) is 0.231. The maximum Gasteiger partial charge on any atom is 0.298 e. The zero-order valence-electron chi connectivity index (χ0n) is 6.86. The second-order valence-corrected chi connectivity index (χ2v) is 2.45. The van der Waals surface area contributed by atoms with Crippen LogP contribution in [-0.4, -0.2) is 14.2 Å². The van der Waals surface area contributed by atoms with Crippen molar-refractivity contribution in [3.63, 3.8) is 0 Å². The second kappa shape index (κ2) is 4.80. The molecule has 0 saturated heterocycles. The summed E-state index contributed by atoms with van der Waals surface area (Å²) >= 11 is 0. The van der Waals surface area contributed by atoms with Crippen LogP contribution in [0.4, 0.5) is 5.69 Å². The van der Waals surface area contributed by atoms with Gasteiger partial charge in [0.2, 0.25) is 0 Å². The standard InChI is InChI=1S/C8H12BN2O/c10-6-12-9-5-7-1-3-8(11)4-2-7/h1-4H,5-6,10-11H2. The molecule has 0 unspecified atom stereocenters. The van der Waals surface area contributed by atoms with E-state index in [4.69, 9.17) is 16.1 Å². The number of hydrogen-bond acceptors (Lipinski definition) is 3. The van der Waals surface area contributed by atoms with Gasteiger partial charge in [-0.2, -0.15) is 0 Å². The molecule has 0 heterocycles. The molecule has 0 aliphatic carbocycles. The molecule has 12 heavy (non-hydrogen) atoms. The first-order valence-electron chi connectivity index (χ1n) is 3.80. The van der Waals surface area contributed by atoms with Crippen LogP contribution in [0.2, 0.25) is 0 Å². The predicted octanol–water partition coefficient (Wildman–Crippen LogP) is 0.321. The fourth-order valence-corrected chi connectivity index (χ4v) is 0.877. The van der Waals surface area contributed by atoms with E-state index in [0.29, 0.717) is 0 Å². The van der Waals surface area contributed by atoms with Crippen molar-refractivity contribution >= 4 is 13.2 Å². The Labute approximate surface area is 73.0 Å². The molecule has 1 radical (unpaired) electrons. The topological polar surface area (TPSA) is 61.3 Å². The van der Waals surface area contributed by atoms with Gasteiger partial charge in [-0.3, -0.25) is 0 Å². The van der Waals surface area contributed by atoms with Crippen LogP contribution in [-0.2, 0) is 11.0 Å². The summed E-state index contributed by atoms with van der Waals surface area (Å²) in [5.74, 6) is 0. The summed E-state index contributed by atoms with van der Waals surface area (Å²) in [5, 5.41) is 0. The minimum atomic E-state index is 0.231. The minimum absolute atomic E-state index is 0.231. The summed E-state index contributed by atoms with van der Waals surface area (Å²) in [6, 6.07) is 7.66. The SMILES string of the molecule is NCO[B]Cc1ccc(N)cc1. The first-order valence-corrected chi connectivity index (χ1v) is 3.80. The van der Waals surface area contributed by atoms with Crippen molar-refractivity contribution in [2.24, 2.45) is 5.73 Å². The Balaban J connectivity index is 2.37. The van der Waals surface area contributed by atoms with Crippen LogP contribution in [0.15, 0.2) is 24.3 Å². The molecule has 0 aliphatic rings. The Hall–Kier alpha value is -0.995. The number of anilines is 1. The number of benzene rings is 1. The third kappa shape index (κ3) is 2.94. The molecule has 0 aromatic heterocycles. The molecule has 0 spiro atoms. The van der Waals surface area contributed by atoms with Gasteiger partial charge in [0.15, 0.2) is 0 Å². The molecule has 0 amide bonds. The van der Waals surface area contributed by atoms with Gasteiger partial charge in [0.25, 0.3) is 7.48 Å². The average molecular weight is 163 g/mol. The first-order chi connectivity index (χ1) is 5.83. The maximum absolute atomic E-state index is 5.52. The van der Waals surface area contributed by atoms with E-state index >= 15 is 0 Å². The molecule has 1 aromatic rings. The monoisotopic (exact) mass is 163 g/mol. The van der Waals surface area contributed by atoms with Crippen molar-refractivity contribution in [1.82, 2.24) is 0 Å². The highest BCUT2D eigenvalue weighted by Crippen LogP contribution is 2.05. The van der Waals surface area contributed by atoms with Crippen LogP contribution in [0, 0.1) is 0 Å². The normalized spacial score (nSPS) is 9.75. The Kier molecular flexibility index (Phi) is 3.64. The minimum Gasteiger partial charge on any atom is -0.428 e. The van der Waals surface area contributed by atoms with E-state index in [1.165, 1.54) is 0 Å². The molecule has 4 heteroatoms. The van der Waals surface area contributed by atoms with E-state index in [1.807, 2.05) is 24.3 Å². The van der Waals surface area contributed by atoms with Crippen molar-refractivity contribution in [2.75, 3.05) is 12.5 Å². The average Bonchev–Trinajstić information content (AvgIpc) is 2.09. The van der Waals surface area contributed by atoms with E-state index < -0.39 is 0 Å². The summed E-state index contributed by atoms with van der Waals surface area (Å²) in [4.78, 5) is 0. The van der Waals surface area contributed by atoms with Gasteiger partial charge in [-0.15, -0.1) is 0 Å². The Morgan fingerprint density at radius 1 is 1.25 bits per heavy atom. The zero-order valence-corrected chi connectivity index (χ0v) is 6.86. The molecule has 63 valence electrons. The molecule has 1 aromatic carbocycles. The van der Waals surface area contributed by atoms with Crippen molar-refractivity contribution < 1.29 is 4.65 Å². The van der Waals surface area contributed by atoms with E-state index in [2.05, 4.69) is 0 Å². The van der Waals surface area contributed by atoms with Crippen LogP contribution >= 0.6 is 0 Å². The fourth-order valence-electron chi connectivity index (χ4n) is 0.877. The highest BCUT2D eigenvalue weighted by atomic mass is 16.4. The largest absolute Gasteiger partial charge is 0.428 e. The summed E-state index contributed by atoms with van der Waals surface area (Å²) in [5.41, 5.74) is 12.6. The van der Waals surface area contributed by atoms with Crippen molar-refractivity contribution in [3.05, 3.63) is 29.8 Å². The van der Waals surface area contributed by atoms with Crippen LogP contribution in [0.1, 0.15) is 5.56 Å². The Morgan fingerprint density at radius 3 is 2.50 bits per heavy atom. The lowest BCUT2D eigenvalue weighted by Crippen LogP contribution is -2.10. The molecule has 1 rings (SSSR count). The fraction of sp³-hybridized carbons (Fsp3) is 0.250. The van der Waals surface area contributed by atoms with Crippen LogP contribution < -0.4 is 11.5 Å². The summed E-state index contributed by atoms with van der Waals surface area (Å²) in [6.07, 6.45) is 0.761. The number of hydrogen-bond donors (Lipinski definition) is 2. The van der Waals surface area contributed by atoms with Gasteiger partial charge in [0, 0.05) is 5.69 Å². The lowest BCUT2D eigenvalue weighted by Gasteiger charge is -1.99. The number of nitrogens with two attached hydrogens (primary N) is 2. The molecular formula is C8H12BN2O. The Morgan fingerprint density at radius 2 is 1.92 bits per heavy atom.